The van der Waals surface area contributed by atoms with Gasteiger partial charge in [-0.1, -0.05) is 48.0 Å². The minimum Gasteiger partial charge on any atom is -0.379 e. The fraction of sp³-hybridized carbons (Fsp3) is 0.0909. The Balaban J connectivity index is 1.56. The lowest BCUT2D eigenvalue weighted by Gasteiger charge is -2.07. The van der Waals surface area contributed by atoms with Gasteiger partial charge in [0.15, 0.2) is 0 Å². The molecule has 0 heterocycles. The molecule has 0 unspecified atom stereocenters. The fourth-order valence-electron chi connectivity index (χ4n) is 2.49. The summed E-state index contributed by atoms with van der Waals surface area (Å²) >= 11 is 0. The van der Waals surface area contributed by atoms with Crippen molar-refractivity contribution in [2.45, 2.75) is 18.2 Å². The highest BCUT2D eigenvalue weighted by Gasteiger charge is 2.16. The van der Waals surface area contributed by atoms with E-state index in [9.17, 15) is 13.2 Å². The second-order valence-electron chi connectivity index (χ2n) is 6.38. The molecule has 148 valence electrons. The van der Waals surface area contributed by atoms with Crippen LogP contribution >= 0.6 is 0 Å². The van der Waals surface area contributed by atoms with Crippen LogP contribution < -0.4 is 9.61 Å². The molecule has 0 saturated heterocycles. The van der Waals surface area contributed by atoms with Crippen LogP contribution in [0.2, 0.25) is 0 Å². The molecule has 0 bridgehead atoms. The Morgan fingerprint density at radius 3 is 2.28 bits per heavy atom. The fourth-order valence-corrected chi connectivity index (χ4v) is 3.42. The molecule has 7 heteroatoms. The average Bonchev–Trinajstić information content (AvgIpc) is 2.70. The molecule has 0 aromatic heterocycles. The monoisotopic (exact) mass is 408 g/mol. The summed E-state index contributed by atoms with van der Waals surface area (Å²) in [5.41, 5.74) is 5.01. The van der Waals surface area contributed by atoms with Crippen LogP contribution in [0.15, 0.2) is 88.9 Å². The molecule has 0 saturated carbocycles. The molecular weight excluding hydrogens is 388 g/mol. The number of hydrogen-bond donors (Lipinski definition) is 1. The second-order valence-corrected chi connectivity index (χ2v) is 7.92. The third kappa shape index (κ3) is 6.02. The summed E-state index contributed by atoms with van der Waals surface area (Å²) in [5.74, 6) is -0.0348. The van der Waals surface area contributed by atoms with E-state index in [1.54, 1.807) is 24.3 Å². The number of benzene rings is 3. The zero-order chi connectivity index (χ0) is 20.7. The molecule has 29 heavy (non-hydrogen) atoms. The summed E-state index contributed by atoms with van der Waals surface area (Å²) < 4.78 is 29.7. The van der Waals surface area contributed by atoms with Gasteiger partial charge in [0.1, 0.15) is 10.6 Å². The Morgan fingerprint density at radius 2 is 1.62 bits per heavy atom. The van der Waals surface area contributed by atoms with Gasteiger partial charge in [-0.25, -0.2) is 5.43 Å². The van der Waals surface area contributed by atoms with E-state index in [4.69, 9.17) is 4.18 Å². The van der Waals surface area contributed by atoms with Gasteiger partial charge in [0.2, 0.25) is 5.91 Å². The first-order valence-corrected chi connectivity index (χ1v) is 10.3. The Labute approximate surface area is 170 Å². The third-order valence-corrected chi connectivity index (χ3v) is 5.27. The molecule has 1 N–H and O–H groups in total. The number of amides is 1. The predicted molar refractivity (Wildman–Crippen MR) is 111 cm³/mol. The van der Waals surface area contributed by atoms with Crippen molar-refractivity contribution in [3.63, 3.8) is 0 Å². The topological polar surface area (TPSA) is 84.8 Å². The summed E-state index contributed by atoms with van der Waals surface area (Å²) in [6, 6.07) is 22.1. The Morgan fingerprint density at radius 1 is 0.966 bits per heavy atom. The molecule has 0 fully saturated rings. The van der Waals surface area contributed by atoms with E-state index in [1.165, 1.54) is 30.5 Å². The normalized spacial score (nSPS) is 11.3. The van der Waals surface area contributed by atoms with Crippen molar-refractivity contribution in [2.24, 2.45) is 5.10 Å². The van der Waals surface area contributed by atoms with Crippen molar-refractivity contribution < 1.29 is 17.4 Å². The lowest BCUT2D eigenvalue weighted by Crippen LogP contribution is -2.19. The maximum Gasteiger partial charge on any atom is 0.339 e. The van der Waals surface area contributed by atoms with Crippen LogP contribution in [0.4, 0.5) is 0 Å². The SMILES string of the molecule is Cc1ccc(S(=O)(=O)Oc2ccc(/C=N\NC(=O)Cc3ccccc3)cc2)cc1. The lowest BCUT2D eigenvalue weighted by molar-refractivity contribution is -0.120. The van der Waals surface area contributed by atoms with Crippen molar-refractivity contribution in [3.05, 3.63) is 95.6 Å². The number of nitrogens with one attached hydrogen (secondary N) is 1. The van der Waals surface area contributed by atoms with E-state index in [2.05, 4.69) is 10.5 Å². The molecule has 3 aromatic carbocycles. The van der Waals surface area contributed by atoms with Gasteiger partial charge in [-0.05, 0) is 54.4 Å². The zero-order valence-electron chi connectivity index (χ0n) is 15.8. The number of hydrazone groups is 1. The maximum atomic E-state index is 12.3. The molecular formula is C22H20N2O4S. The summed E-state index contributed by atoms with van der Waals surface area (Å²) in [4.78, 5) is 12.0. The number of rotatable bonds is 7. The van der Waals surface area contributed by atoms with Gasteiger partial charge >= 0.3 is 10.1 Å². The number of carbonyl (C=O) groups is 1. The Hall–Kier alpha value is -3.45. The highest BCUT2D eigenvalue weighted by Crippen LogP contribution is 2.19. The van der Waals surface area contributed by atoms with Gasteiger partial charge in [-0.15, -0.1) is 0 Å². The van der Waals surface area contributed by atoms with E-state index in [0.717, 1.165) is 11.1 Å². The van der Waals surface area contributed by atoms with Crippen LogP contribution in [-0.2, 0) is 21.3 Å². The van der Waals surface area contributed by atoms with Crippen LogP contribution in [0.1, 0.15) is 16.7 Å². The van der Waals surface area contributed by atoms with Crippen molar-refractivity contribution in [1.29, 1.82) is 0 Å². The van der Waals surface area contributed by atoms with E-state index >= 15 is 0 Å². The Bertz CT molecular complexity index is 1090. The predicted octanol–water partition coefficient (Wildman–Crippen LogP) is 3.46. The van der Waals surface area contributed by atoms with Gasteiger partial charge < -0.3 is 4.18 Å². The van der Waals surface area contributed by atoms with Crippen LogP contribution in [0.5, 0.6) is 5.75 Å². The van der Waals surface area contributed by atoms with Crippen LogP contribution in [-0.4, -0.2) is 20.5 Å². The summed E-state index contributed by atoms with van der Waals surface area (Å²) in [6.45, 7) is 1.88. The standard InChI is InChI=1S/C22H20N2O4S/c1-17-7-13-21(14-8-17)29(26,27)28-20-11-9-19(10-12-20)16-23-24-22(25)15-18-5-3-2-4-6-18/h2-14,16H,15H2,1H3,(H,24,25)/b23-16-. The van der Waals surface area contributed by atoms with Crippen LogP contribution in [0.25, 0.3) is 0 Å². The van der Waals surface area contributed by atoms with Gasteiger partial charge in [-0.3, -0.25) is 4.79 Å². The largest absolute Gasteiger partial charge is 0.379 e. The quantitative estimate of drug-likeness (QED) is 0.369. The lowest BCUT2D eigenvalue weighted by atomic mass is 10.1. The van der Waals surface area contributed by atoms with Crippen molar-refractivity contribution in [1.82, 2.24) is 5.43 Å². The minimum absolute atomic E-state index is 0.0925. The van der Waals surface area contributed by atoms with Gasteiger partial charge in [0.25, 0.3) is 0 Å². The molecule has 0 atom stereocenters. The molecule has 0 aliphatic rings. The van der Waals surface area contributed by atoms with Crippen molar-refractivity contribution >= 4 is 22.2 Å². The summed E-state index contributed by atoms with van der Waals surface area (Å²) in [6.07, 6.45) is 1.71. The van der Waals surface area contributed by atoms with Crippen LogP contribution in [0.3, 0.4) is 0 Å². The molecule has 0 spiro atoms. The average molecular weight is 408 g/mol. The molecule has 0 aliphatic heterocycles. The van der Waals surface area contributed by atoms with Crippen molar-refractivity contribution in [3.8, 4) is 5.75 Å². The number of nitrogens with zero attached hydrogens (tertiary/aromatic N) is 1. The van der Waals surface area contributed by atoms with E-state index in [1.807, 2.05) is 37.3 Å². The number of carbonyl (C=O) groups excluding carboxylic acids is 1. The third-order valence-electron chi connectivity index (χ3n) is 4.01. The van der Waals surface area contributed by atoms with Gasteiger partial charge in [0, 0.05) is 0 Å². The minimum atomic E-state index is -3.89. The van der Waals surface area contributed by atoms with Crippen LogP contribution in [0, 0.1) is 6.92 Å². The first-order valence-electron chi connectivity index (χ1n) is 8.89. The van der Waals surface area contributed by atoms with Gasteiger partial charge in [0.05, 0.1) is 12.6 Å². The second kappa shape index (κ2) is 9.16. The molecule has 3 rings (SSSR count). The van der Waals surface area contributed by atoms with Gasteiger partial charge in [-0.2, -0.15) is 13.5 Å². The number of aryl methyl sites for hydroxylation is 1. The summed E-state index contributed by atoms with van der Waals surface area (Å²) in [7, 11) is -3.89. The molecule has 0 radical (unpaired) electrons. The Kier molecular flexibility index (Phi) is 6.41. The molecule has 1 amide bonds. The van der Waals surface area contributed by atoms with Crippen molar-refractivity contribution in [2.75, 3.05) is 0 Å². The zero-order valence-corrected chi connectivity index (χ0v) is 16.6. The van der Waals surface area contributed by atoms with E-state index in [0.29, 0.717) is 5.56 Å². The van der Waals surface area contributed by atoms with E-state index < -0.39 is 10.1 Å². The first kappa shape index (κ1) is 20.3. The van der Waals surface area contributed by atoms with E-state index in [-0.39, 0.29) is 23.0 Å². The highest BCUT2D eigenvalue weighted by molar-refractivity contribution is 7.87. The molecule has 3 aromatic rings. The molecule has 6 nitrogen and oxygen atoms in total. The highest BCUT2D eigenvalue weighted by atomic mass is 32.2. The maximum absolute atomic E-state index is 12.3. The smallest absolute Gasteiger partial charge is 0.339 e. The number of hydrogen-bond acceptors (Lipinski definition) is 5. The molecule has 0 aliphatic carbocycles. The summed E-state index contributed by atoms with van der Waals surface area (Å²) in [5, 5.41) is 3.91. The first-order chi connectivity index (χ1) is 13.9.